The molecule has 1 heterocycles. The van der Waals surface area contributed by atoms with Crippen LogP contribution in [0.5, 0.6) is 0 Å². The average Bonchev–Trinajstić information content (AvgIpc) is 2.50. The van der Waals surface area contributed by atoms with Crippen molar-refractivity contribution in [3.8, 4) is 6.07 Å². The zero-order chi connectivity index (χ0) is 10.6. The molecule has 1 aromatic rings. The number of nitriles is 1. The average molecular weight is 193 g/mol. The van der Waals surface area contributed by atoms with Gasteiger partial charge in [-0.2, -0.15) is 5.26 Å². The van der Waals surface area contributed by atoms with Gasteiger partial charge in [-0.1, -0.05) is 0 Å². The summed E-state index contributed by atoms with van der Waals surface area (Å²) in [5.41, 5.74) is 0.110. The summed E-state index contributed by atoms with van der Waals surface area (Å²) in [6, 6.07) is 1.89. The molecular weight excluding hydrogens is 178 g/mol. The van der Waals surface area contributed by atoms with Crippen molar-refractivity contribution in [1.82, 2.24) is 20.1 Å². The van der Waals surface area contributed by atoms with Crippen LogP contribution in [0.25, 0.3) is 0 Å². The van der Waals surface area contributed by atoms with E-state index in [-0.39, 0.29) is 11.4 Å². The smallest absolute Gasteiger partial charge is 0.252 e. The van der Waals surface area contributed by atoms with E-state index in [0.717, 1.165) is 13.1 Å². The zero-order valence-electron chi connectivity index (χ0n) is 8.78. The van der Waals surface area contributed by atoms with Gasteiger partial charge < -0.3 is 5.32 Å². The van der Waals surface area contributed by atoms with E-state index in [1.165, 1.54) is 0 Å². The number of nitrogens with zero attached hydrogens (tertiary/aromatic N) is 4. The molecule has 76 valence electrons. The van der Waals surface area contributed by atoms with Crippen LogP contribution in [0, 0.1) is 11.3 Å². The predicted molar refractivity (Wildman–Crippen MR) is 52.5 cm³/mol. The van der Waals surface area contributed by atoms with Crippen LogP contribution in [0.1, 0.15) is 26.6 Å². The van der Waals surface area contributed by atoms with Crippen molar-refractivity contribution in [1.29, 1.82) is 5.26 Å². The van der Waals surface area contributed by atoms with Gasteiger partial charge in [0.25, 0.3) is 5.82 Å². The zero-order valence-corrected chi connectivity index (χ0v) is 8.78. The van der Waals surface area contributed by atoms with Gasteiger partial charge in [0.2, 0.25) is 0 Å². The lowest BCUT2D eigenvalue weighted by molar-refractivity contribution is 0.405. The second-order valence-electron chi connectivity index (χ2n) is 4.12. The summed E-state index contributed by atoms with van der Waals surface area (Å²) in [5.74, 6) is 0.223. The van der Waals surface area contributed by atoms with Crippen LogP contribution in [0.4, 0.5) is 0 Å². The molecule has 0 radical (unpaired) electrons. The molecule has 0 aliphatic rings. The highest BCUT2D eigenvalue weighted by atomic mass is 15.3. The maximum absolute atomic E-state index is 8.50. The summed E-state index contributed by atoms with van der Waals surface area (Å²) < 4.78 is 1.66. The molecule has 0 saturated heterocycles. The first kappa shape index (κ1) is 10.7. The van der Waals surface area contributed by atoms with E-state index < -0.39 is 0 Å². The number of rotatable bonds is 3. The molecule has 0 aromatic carbocycles. The standard InChI is InChI=1S/C9H15N5/c1-9(2,3)12-4-5-14-7-11-8(6-10)13-14/h7,12H,4-5H2,1-3H3. The molecule has 1 aromatic heterocycles. The quantitative estimate of drug-likeness (QED) is 0.760. The number of hydrogen-bond acceptors (Lipinski definition) is 4. The number of nitrogens with one attached hydrogen (secondary N) is 1. The maximum Gasteiger partial charge on any atom is 0.252 e. The van der Waals surface area contributed by atoms with E-state index >= 15 is 0 Å². The van der Waals surface area contributed by atoms with Crippen molar-refractivity contribution in [2.24, 2.45) is 0 Å². The molecule has 0 atom stereocenters. The van der Waals surface area contributed by atoms with Gasteiger partial charge in [-0.15, -0.1) is 5.10 Å². The van der Waals surface area contributed by atoms with Crippen molar-refractivity contribution in [3.63, 3.8) is 0 Å². The van der Waals surface area contributed by atoms with E-state index in [4.69, 9.17) is 5.26 Å². The van der Waals surface area contributed by atoms with Crippen molar-refractivity contribution in [2.75, 3.05) is 6.54 Å². The summed E-state index contributed by atoms with van der Waals surface area (Å²) in [5, 5.41) is 15.8. The molecule has 5 heteroatoms. The number of hydrogen-bond donors (Lipinski definition) is 1. The van der Waals surface area contributed by atoms with E-state index in [1.54, 1.807) is 11.0 Å². The minimum Gasteiger partial charge on any atom is -0.310 e. The highest BCUT2D eigenvalue weighted by molar-refractivity contribution is 5.05. The normalized spacial score (nSPS) is 11.3. The van der Waals surface area contributed by atoms with Crippen LogP contribution in [-0.4, -0.2) is 26.8 Å². The molecule has 0 spiro atoms. The van der Waals surface area contributed by atoms with Gasteiger partial charge in [-0.05, 0) is 20.8 Å². The van der Waals surface area contributed by atoms with Gasteiger partial charge in [0.15, 0.2) is 0 Å². The van der Waals surface area contributed by atoms with Gasteiger partial charge >= 0.3 is 0 Å². The van der Waals surface area contributed by atoms with E-state index in [0.29, 0.717) is 0 Å². The van der Waals surface area contributed by atoms with Gasteiger partial charge in [-0.3, -0.25) is 4.68 Å². The van der Waals surface area contributed by atoms with E-state index in [9.17, 15) is 0 Å². The molecule has 1 rings (SSSR count). The van der Waals surface area contributed by atoms with Crippen LogP contribution in [0.3, 0.4) is 0 Å². The summed E-state index contributed by atoms with van der Waals surface area (Å²) in [6.45, 7) is 7.86. The highest BCUT2D eigenvalue weighted by Crippen LogP contribution is 1.97. The van der Waals surface area contributed by atoms with Crippen molar-refractivity contribution < 1.29 is 0 Å². The van der Waals surface area contributed by atoms with Crippen LogP contribution in [0.15, 0.2) is 6.33 Å². The topological polar surface area (TPSA) is 66.5 Å². The fourth-order valence-corrected chi connectivity index (χ4v) is 0.999. The van der Waals surface area contributed by atoms with E-state index in [2.05, 4.69) is 36.2 Å². The van der Waals surface area contributed by atoms with Crippen molar-refractivity contribution >= 4 is 0 Å². The molecule has 14 heavy (non-hydrogen) atoms. The highest BCUT2D eigenvalue weighted by Gasteiger charge is 2.07. The maximum atomic E-state index is 8.50. The molecule has 0 amide bonds. The molecular formula is C9H15N5. The van der Waals surface area contributed by atoms with Crippen LogP contribution < -0.4 is 5.32 Å². The predicted octanol–water partition coefficient (Wildman–Crippen LogP) is 0.538. The fourth-order valence-electron chi connectivity index (χ4n) is 0.999. The van der Waals surface area contributed by atoms with Crippen molar-refractivity contribution in [2.45, 2.75) is 32.9 Å². The molecule has 1 N–H and O–H groups in total. The Kier molecular flexibility index (Phi) is 3.20. The van der Waals surface area contributed by atoms with Gasteiger partial charge in [0, 0.05) is 12.1 Å². The summed E-state index contributed by atoms with van der Waals surface area (Å²) >= 11 is 0. The Morgan fingerprint density at radius 2 is 2.29 bits per heavy atom. The molecule has 0 saturated carbocycles. The Hall–Kier alpha value is -1.41. The minimum atomic E-state index is 0.110. The SMILES string of the molecule is CC(C)(C)NCCn1cnc(C#N)n1. The Morgan fingerprint density at radius 1 is 1.57 bits per heavy atom. The van der Waals surface area contributed by atoms with Crippen molar-refractivity contribution in [3.05, 3.63) is 12.2 Å². The Balaban J connectivity index is 2.36. The van der Waals surface area contributed by atoms with Crippen LogP contribution in [-0.2, 0) is 6.54 Å². The summed E-state index contributed by atoms with van der Waals surface area (Å²) in [4.78, 5) is 3.81. The molecule has 0 aliphatic carbocycles. The summed E-state index contributed by atoms with van der Waals surface area (Å²) in [7, 11) is 0. The first-order valence-corrected chi connectivity index (χ1v) is 4.56. The van der Waals surface area contributed by atoms with E-state index in [1.807, 2.05) is 6.07 Å². The first-order valence-electron chi connectivity index (χ1n) is 4.56. The first-order chi connectivity index (χ1) is 6.51. The molecule has 5 nitrogen and oxygen atoms in total. The fraction of sp³-hybridized carbons (Fsp3) is 0.667. The molecule has 0 aliphatic heterocycles. The monoisotopic (exact) mass is 193 g/mol. The Bertz CT molecular complexity index is 328. The third-order valence-electron chi connectivity index (χ3n) is 1.63. The second-order valence-corrected chi connectivity index (χ2v) is 4.12. The van der Waals surface area contributed by atoms with Gasteiger partial charge in [0.05, 0.1) is 6.54 Å². The lowest BCUT2D eigenvalue weighted by atomic mass is 10.1. The Morgan fingerprint density at radius 3 is 2.79 bits per heavy atom. The van der Waals surface area contributed by atoms with Crippen LogP contribution in [0.2, 0.25) is 0 Å². The summed E-state index contributed by atoms with van der Waals surface area (Å²) in [6.07, 6.45) is 1.57. The molecule has 0 fully saturated rings. The second kappa shape index (κ2) is 4.20. The largest absolute Gasteiger partial charge is 0.310 e. The molecule has 0 unspecified atom stereocenters. The van der Waals surface area contributed by atoms with Gasteiger partial charge in [-0.25, -0.2) is 4.98 Å². The van der Waals surface area contributed by atoms with Crippen LogP contribution >= 0.6 is 0 Å². The third kappa shape index (κ3) is 3.54. The Labute approximate surface area is 83.8 Å². The van der Waals surface area contributed by atoms with Gasteiger partial charge in [0.1, 0.15) is 12.4 Å². The lowest BCUT2D eigenvalue weighted by Crippen LogP contribution is -2.37. The lowest BCUT2D eigenvalue weighted by Gasteiger charge is -2.20. The minimum absolute atomic E-state index is 0.110. The third-order valence-corrected chi connectivity index (χ3v) is 1.63. The number of aromatic nitrogens is 3. The molecule has 0 bridgehead atoms.